The molecule has 1 atom stereocenters. The predicted molar refractivity (Wildman–Crippen MR) is 85.9 cm³/mol. The number of hydrogen-bond donors (Lipinski definition) is 2. The number of ether oxygens (including phenoxy) is 1. The second-order valence-electron chi connectivity index (χ2n) is 6.10. The first-order valence-corrected chi connectivity index (χ1v) is 7.38. The van der Waals surface area contributed by atoms with Crippen LogP contribution in [0.5, 0.6) is 0 Å². The van der Waals surface area contributed by atoms with Crippen LogP contribution in [0, 0.1) is 0 Å². The number of carbonyl (C=O) groups is 1. The van der Waals surface area contributed by atoms with Crippen LogP contribution >= 0.6 is 0 Å². The van der Waals surface area contributed by atoms with Gasteiger partial charge in [-0.25, -0.2) is 4.98 Å². The van der Waals surface area contributed by atoms with E-state index >= 15 is 0 Å². The Morgan fingerprint density at radius 3 is 2.57 bits per heavy atom. The number of nitrogens with zero attached hydrogens (tertiary/aromatic N) is 1. The maximum Gasteiger partial charge on any atom is 0.251 e. The summed E-state index contributed by atoms with van der Waals surface area (Å²) >= 11 is 0. The summed E-state index contributed by atoms with van der Waals surface area (Å²) in [6.07, 6.45) is 0.00615. The molecular formula is C16H27N3O2. The zero-order valence-electron chi connectivity index (χ0n) is 13.9. The molecule has 0 saturated heterocycles. The van der Waals surface area contributed by atoms with Crippen molar-refractivity contribution >= 4 is 11.7 Å². The molecule has 0 fully saturated rings. The van der Waals surface area contributed by atoms with Crippen LogP contribution in [0.2, 0.25) is 0 Å². The summed E-state index contributed by atoms with van der Waals surface area (Å²) in [4.78, 5) is 16.8. The van der Waals surface area contributed by atoms with E-state index in [0.29, 0.717) is 24.5 Å². The molecule has 1 aromatic rings. The first-order chi connectivity index (χ1) is 9.77. The molecular weight excluding hydrogens is 266 g/mol. The third-order valence-electron chi connectivity index (χ3n) is 3.11. The number of pyridine rings is 1. The van der Waals surface area contributed by atoms with Crippen LogP contribution in [0.25, 0.3) is 0 Å². The Labute approximate surface area is 127 Å². The molecule has 0 spiro atoms. The maximum atomic E-state index is 12.3. The van der Waals surface area contributed by atoms with Crippen molar-refractivity contribution in [2.75, 3.05) is 25.5 Å². The summed E-state index contributed by atoms with van der Waals surface area (Å²) in [5, 5.41) is 5.90. The molecule has 1 rings (SSSR count). The molecule has 21 heavy (non-hydrogen) atoms. The van der Waals surface area contributed by atoms with Gasteiger partial charge in [0, 0.05) is 36.9 Å². The summed E-state index contributed by atoms with van der Waals surface area (Å²) in [6.45, 7) is 11.2. The average Bonchev–Trinajstić information content (AvgIpc) is 2.43. The highest BCUT2D eigenvalue weighted by atomic mass is 16.5. The van der Waals surface area contributed by atoms with Gasteiger partial charge in [0.25, 0.3) is 5.91 Å². The maximum absolute atomic E-state index is 12.3. The topological polar surface area (TPSA) is 63.2 Å². The van der Waals surface area contributed by atoms with Crippen molar-refractivity contribution in [3.05, 3.63) is 23.4 Å². The van der Waals surface area contributed by atoms with Crippen molar-refractivity contribution in [2.24, 2.45) is 0 Å². The molecule has 0 aliphatic carbocycles. The number of amides is 1. The number of carbonyl (C=O) groups excluding carboxylic acids is 1. The molecule has 5 heteroatoms. The van der Waals surface area contributed by atoms with Crippen LogP contribution < -0.4 is 10.6 Å². The van der Waals surface area contributed by atoms with Crippen LogP contribution in [0.15, 0.2) is 12.1 Å². The fourth-order valence-corrected chi connectivity index (χ4v) is 1.86. The zero-order chi connectivity index (χ0) is 16.0. The smallest absolute Gasteiger partial charge is 0.251 e. The summed E-state index contributed by atoms with van der Waals surface area (Å²) in [5.74, 6) is 0.594. The average molecular weight is 293 g/mol. The van der Waals surface area contributed by atoms with E-state index in [9.17, 15) is 4.79 Å². The predicted octanol–water partition coefficient (Wildman–Crippen LogP) is 2.58. The molecule has 1 heterocycles. The normalized spacial score (nSPS) is 12.9. The molecule has 0 bridgehead atoms. The minimum atomic E-state index is -0.111. The van der Waals surface area contributed by atoms with Gasteiger partial charge < -0.3 is 15.4 Å². The fraction of sp³-hybridized carbons (Fsp3) is 0.625. The molecule has 2 N–H and O–H groups in total. The third kappa shape index (κ3) is 5.34. The SMILES string of the molecule is CCOC(C)CNC(=O)c1cc(NC)nc(C(C)(C)C)c1. The zero-order valence-corrected chi connectivity index (χ0v) is 13.9. The van der Waals surface area contributed by atoms with Crippen LogP contribution in [-0.4, -0.2) is 37.2 Å². The molecule has 1 aromatic heterocycles. The molecule has 0 saturated carbocycles. The molecule has 118 valence electrons. The largest absolute Gasteiger partial charge is 0.377 e. The van der Waals surface area contributed by atoms with Crippen molar-refractivity contribution in [1.29, 1.82) is 0 Å². The molecule has 1 unspecified atom stereocenters. The Balaban J connectivity index is 2.88. The summed E-state index contributed by atoms with van der Waals surface area (Å²) in [6, 6.07) is 3.61. The molecule has 0 aliphatic rings. The standard InChI is InChI=1S/C16H27N3O2/c1-7-21-11(2)10-18-15(20)12-8-13(16(3,4)5)19-14(9-12)17-6/h8-9,11H,7,10H2,1-6H3,(H,17,19)(H,18,20). The van der Waals surface area contributed by atoms with Crippen LogP contribution in [-0.2, 0) is 10.2 Å². The van der Waals surface area contributed by atoms with Crippen molar-refractivity contribution in [2.45, 2.75) is 46.1 Å². The minimum Gasteiger partial charge on any atom is -0.377 e. The van der Waals surface area contributed by atoms with Crippen molar-refractivity contribution in [3.8, 4) is 0 Å². The molecule has 5 nitrogen and oxygen atoms in total. The number of anilines is 1. The van der Waals surface area contributed by atoms with E-state index in [0.717, 1.165) is 5.69 Å². The van der Waals surface area contributed by atoms with Gasteiger partial charge >= 0.3 is 0 Å². The van der Waals surface area contributed by atoms with Gasteiger partial charge in [-0.3, -0.25) is 4.79 Å². The first-order valence-electron chi connectivity index (χ1n) is 7.38. The third-order valence-corrected chi connectivity index (χ3v) is 3.11. The Bertz CT molecular complexity index is 481. The van der Waals surface area contributed by atoms with Crippen molar-refractivity contribution < 1.29 is 9.53 Å². The van der Waals surface area contributed by atoms with E-state index in [1.165, 1.54) is 0 Å². The van der Waals surface area contributed by atoms with Crippen molar-refractivity contribution in [3.63, 3.8) is 0 Å². The van der Waals surface area contributed by atoms with E-state index in [1.807, 2.05) is 19.9 Å². The first kappa shape index (κ1) is 17.4. The number of nitrogens with one attached hydrogen (secondary N) is 2. The Hall–Kier alpha value is -1.62. The summed E-state index contributed by atoms with van der Waals surface area (Å²) < 4.78 is 5.41. The van der Waals surface area contributed by atoms with Gasteiger partial charge in [0.05, 0.1) is 6.10 Å². The molecule has 0 aliphatic heterocycles. The Kier molecular flexibility index (Phi) is 6.15. The van der Waals surface area contributed by atoms with Gasteiger partial charge in [-0.1, -0.05) is 20.8 Å². The highest BCUT2D eigenvalue weighted by Crippen LogP contribution is 2.23. The van der Waals surface area contributed by atoms with Gasteiger partial charge in [-0.05, 0) is 26.0 Å². The van der Waals surface area contributed by atoms with Crippen molar-refractivity contribution in [1.82, 2.24) is 10.3 Å². The molecule has 0 radical (unpaired) electrons. The minimum absolute atomic E-state index is 0.00615. The van der Waals surface area contributed by atoms with Gasteiger partial charge in [-0.15, -0.1) is 0 Å². The Morgan fingerprint density at radius 2 is 2.05 bits per heavy atom. The van der Waals surface area contributed by atoms with E-state index in [4.69, 9.17) is 4.74 Å². The molecule has 1 amide bonds. The van der Waals surface area contributed by atoms with Gasteiger partial charge in [0.2, 0.25) is 0 Å². The number of aromatic nitrogens is 1. The second-order valence-corrected chi connectivity index (χ2v) is 6.10. The lowest BCUT2D eigenvalue weighted by atomic mass is 9.90. The lowest BCUT2D eigenvalue weighted by Crippen LogP contribution is -2.32. The molecule has 0 aromatic carbocycles. The van der Waals surface area contributed by atoms with E-state index < -0.39 is 0 Å². The lowest BCUT2D eigenvalue weighted by molar-refractivity contribution is 0.0695. The van der Waals surface area contributed by atoms with Gasteiger partial charge in [0.15, 0.2) is 0 Å². The fourth-order valence-electron chi connectivity index (χ4n) is 1.86. The quantitative estimate of drug-likeness (QED) is 0.846. The van der Waals surface area contributed by atoms with Crippen LogP contribution in [0.3, 0.4) is 0 Å². The van der Waals surface area contributed by atoms with E-state index in [-0.39, 0.29) is 17.4 Å². The van der Waals surface area contributed by atoms with Crippen LogP contribution in [0.1, 0.15) is 50.7 Å². The number of rotatable bonds is 6. The summed E-state index contributed by atoms with van der Waals surface area (Å²) in [7, 11) is 1.80. The Morgan fingerprint density at radius 1 is 1.38 bits per heavy atom. The van der Waals surface area contributed by atoms with Gasteiger partial charge in [0.1, 0.15) is 5.82 Å². The van der Waals surface area contributed by atoms with Gasteiger partial charge in [-0.2, -0.15) is 0 Å². The monoisotopic (exact) mass is 293 g/mol. The highest BCUT2D eigenvalue weighted by molar-refractivity contribution is 5.95. The van der Waals surface area contributed by atoms with Crippen LogP contribution in [0.4, 0.5) is 5.82 Å². The summed E-state index contributed by atoms with van der Waals surface area (Å²) in [5.41, 5.74) is 1.39. The van der Waals surface area contributed by atoms with E-state index in [1.54, 1.807) is 13.1 Å². The second kappa shape index (κ2) is 7.41. The highest BCUT2D eigenvalue weighted by Gasteiger charge is 2.19. The lowest BCUT2D eigenvalue weighted by Gasteiger charge is -2.20. The number of hydrogen-bond acceptors (Lipinski definition) is 4. The van der Waals surface area contributed by atoms with E-state index in [2.05, 4.69) is 36.4 Å².